The molecule has 0 bridgehead atoms. The fraction of sp³-hybridized carbons (Fsp3) is 0.300. The molecule has 1 aromatic heterocycles. The monoisotopic (exact) mass is 348 g/mol. The number of nitriles is 1. The maximum Gasteiger partial charge on any atom is 0.336 e. The highest BCUT2D eigenvalue weighted by molar-refractivity contribution is 5.98. The standard InChI is InChI=1S/C20H20N4O2/c1-4-26-20(25)18-14(3)23-13(2)17(11-21)19(18)15-6-5-7-16(10-15)24-9-8-22-12-24/h5-10,12,17,19H,4H2,1-3H3. The predicted octanol–water partition coefficient (Wildman–Crippen LogP) is 3.41. The topological polar surface area (TPSA) is 80.3 Å². The molecule has 0 spiro atoms. The molecule has 0 saturated carbocycles. The van der Waals surface area contributed by atoms with Crippen LogP contribution in [0.5, 0.6) is 0 Å². The highest BCUT2D eigenvalue weighted by Gasteiger charge is 2.37. The van der Waals surface area contributed by atoms with Crippen molar-refractivity contribution in [2.45, 2.75) is 26.7 Å². The van der Waals surface area contributed by atoms with Crippen LogP contribution in [0.1, 0.15) is 32.3 Å². The number of carbonyl (C=O) groups excluding carboxylic acids is 1. The summed E-state index contributed by atoms with van der Waals surface area (Å²) in [6.07, 6.45) is 5.26. The zero-order chi connectivity index (χ0) is 18.7. The van der Waals surface area contributed by atoms with Gasteiger partial charge in [0.25, 0.3) is 0 Å². The van der Waals surface area contributed by atoms with Crippen molar-refractivity contribution < 1.29 is 9.53 Å². The molecule has 132 valence electrons. The summed E-state index contributed by atoms with van der Waals surface area (Å²) < 4.78 is 7.13. The predicted molar refractivity (Wildman–Crippen MR) is 97.9 cm³/mol. The van der Waals surface area contributed by atoms with Crippen LogP contribution in [0.3, 0.4) is 0 Å². The molecule has 0 fully saturated rings. The SMILES string of the molecule is CCOC(=O)C1=C(C)N=C(C)C(C#N)C1c1cccc(-n2ccnc2)c1. The molecule has 1 aliphatic heterocycles. The van der Waals surface area contributed by atoms with Crippen LogP contribution in [0.2, 0.25) is 0 Å². The molecule has 0 saturated heterocycles. The summed E-state index contributed by atoms with van der Waals surface area (Å²) in [6.45, 7) is 5.65. The second kappa shape index (κ2) is 7.36. The Balaban J connectivity index is 2.13. The van der Waals surface area contributed by atoms with Gasteiger partial charge in [-0.3, -0.25) is 4.99 Å². The van der Waals surface area contributed by atoms with Crippen LogP contribution in [0.25, 0.3) is 5.69 Å². The van der Waals surface area contributed by atoms with Crippen LogP contribution in [0, 0.1) is 17.2 Å². The van der Waals surface area contributed by atoms with Gasteiger partial charge in [0, 0.05) is 35.4 Å². The van der Waals surface area contributed by atoms with Crippen molar-refractivity contribution in [3.8, 4) is 11.8 Å². The van der Waals surface area contributed by atoms with E-state index in [1.54, 1.807) is 26.4 Å². The number of hydrogen-bond acceptors (Lipinski definition) is 5. The number of rotatable bonds is 4. The van der Waals surface area contributed by atoms with Crippen molar-refractivity contribution in [2.75, 3.05) is 6.61 Å². The first-order chi connectivity index (χ1) is 12.6. The van der Waals surface area contributed by atoms with Crippen LogP contribution < -0.4 is 0 Å². The number of hydrogen-bond donors (Lipinski definition) is 0. The van der Waals surface area contributed by atoms with Crippen molar-refractivity contribution in [3.05, 3.63) is 59.8 Å². The van der Waals surface area contributed by atoms with Gasteiger partial charge in [0.1, 0.15) is 0 Å². The Labute approximate surface area is 152 Å². The molecule has 6 heteroatoms. The number of aromatic nitrogens is 2. The average molecular weight is 348 g/mol. The first kappa shape index (κ1) is 17.6. The van der Waals surface area contributed by atoms with E-state index in [1.165, 1.54) is 0 Å². The number of allylic oxidation sites excluding steroid dienone is 1. The molecule has 3 rings (SSSR count). The Kier molecular flexibility index (Phi) is 4.99. The third kappa shape index (κ3) is 3.16. The maximum atomic E-state index is 12.6. The number of carbonyl (C=O) groups is 1. The second-order valence-electron chi connectivity index (χ2n) is 6.12. The lowest BCUT2D eigenvalue weighted by atomic mass is 9.76. The normalized spacial score (nSPS) is 19.7. The summed E-state index contributed by atoms with van der Waals surface area (Å²) >= 11 is 0. The van der Waals surface area contributed by atoms with Gasteiger partial charge in [0.05, 0.1) is 30.5 Å². The molecule has 0 amide bonds. The van der Waals surface area contributed by atoms with E-state index in [4.69, 9.17) is 4.74 Å². The number of nitrogens with zero attached hydrogens (tertiary/aromatic N) is 4. The van der Waals surface area contributed by atoms with Gasteiger partial charge in [-0.15, -0.1) is 0 Å². The Hall–Kier alpha value is -3.20. The second-order valence-corrected chi connectivity index (χ2v) is 6.12. The van der Waals surface area contributed by atoms with Gasteiger partial charge >= 0.3 is 5.97 Å². The molecule has 2 atom stereocenters. The van der Waals surface area contributed by atoms with Gasteiger partial charge in [-0.05, 0) is 38.5 Å². The molecule has 1 aliphatic rings. The summed E-state index contributed by atoms with van der Waals surface area (Å²) in [5, 5.41) is 9.74. The van der Waals surface area contributed by atoms with E-state index in [9.17, 15) is 10.1 Å². The number of esters is 1. The molecule has 2 unspecified atom stereocenters. The van der Waals surface area contributed by atoms with Crippen molar-refractivity contribution in [1.82, 2.24) is 9.55 Å². The third-order valence-electron chi connectivity index (χ3n) is 4.49. The lowest BCUT2D eigenvalue weighted by Crippen LogP contribution is -2.29. The Morgan fingerprint density at radius 3 is 2.85 bits per heavy atom. The minimum absolute atomic E-state index is 0.275. The zero-order valence-electron chi connectivity index (χ0n) is 15.0. The summed E-state index contributed by atoms with van der Waals surface area (Å²) in [5.41, 5.74) is 3.55. The first-order valence-electron chi connectivity index (χ1n) is 8.47. The van der Waals surface area contributed by atoms with E-state index >= 15 is 0 Å². The van der Waals surface area contributed by atoms with Gasteiger partial charge in [0.15, 0.2) is 0 Å². The van der Waals surface area contributed by atoms with E-state index in [1.807, 2.05) is 42.0 Å². The zero-order valence-corrected chi connectivity index (χ0v) is 15.0. The van der Waals surface area contributed by atoms with Gasteiger partial charge in [-0.2, -0.15) is 5.26 Å². The van der Waals surface area contributed by atoms with E-state index in [2.05, 4.69) is 16.0 Å². The van der Waals surface area contributed by atoms with E-state index in [0.29, 0.717) is 17.0 Å². The van der Waals surface area contributed by atoms with Crippen LogP contribution in [0.4, 0.5) is 0 Å². The molecular weight excluding hydrogens is 328 g/mol. The van der Waals surface area contributed by atoms with E-state index in [0.717, 1.165) is 11.3 Å². The van der Waals surface area contributed by atoms with Crippen LogP contribution in [-0.4, -0.2) is 27.8 Å². The van der Waals surface area contributed by atoms with Crippen LogP contribution in [0.15, 0.2) is 59.2 Å². The molecule has 0 N–H and O–H groups in total. The van der Waals surface area contributed by atoms with E-state index < -0.39 is 17.8 Å². The molecule has 2 heterocycles. The Bertz CT molecular complexity index is 920. The fourth-order valence-electron chi connectivity index (χ4n) is 3.33. The molecular formula is C20H20N4O2. The number of ether oxygens (including phenoxy) is 1. The summed E-state index contributed by atoms with van der Waals surface area (Å²) in [4.78, 5) is 21.1. The van der Waals surface area contributed by atoms with Gasteiger partial charge in [-0.1, -0.05) is 12.1 Å². The van der Waals surface area contributed by atoms with Crippen LogP contribution >= 0.6 is 0 Å². The molecule has 2 aromatic rings. The average Bonchev–Trinajstić information content (AvgIpc) is 3.16. The number of aliphatic imine (C=N–C) groups is 1. The summed E-state index contributed by atoms with van der Waals surface area (Å²) in [6, 6.07) is 10.1. The Morgan fingerprint density at radius 1 is 1.38 bits per heavy atom. The summed E-state index contributed by atoms with van der Waals surface area (Å²) in [7, 11) is 0. The molecule has 0 aliphatic carbocycles. The summed E-state index contributed by atoms with van der Waals surface area (Å²) in [5.74, 6) is -1.35. The highest BCUT2D eigenvalue weighted by Crippen LogP contribution is 2.39. The van der Waals surface area contributed by atoms with E-state index in [-0.39, 0.29) is 6.61 Å². The van der Waals surface area contributed by atoms with Gasteiger partial charge in [-0.25, -0.2) is 9.78 Å². The molecule has 0 radical (unpaired) electrons. The van der Waals surface area contributed by atoms with Gasteiger partial charge < -0.3 is 9.30 Å². The number of benzene rings is 1. The fourth-order valence-corrected chi connectivity index (χ4v) is 3.33. The number of imidazole rings is 1. The largest absolute Gasteiger partial charge is 0.463 e. The van der Waals surface area contributed by atoms with Crippen molar-refractivity contribution in [1.29, 1.82) is 5.26 Å². The van der Waals surface area contributed by atoms with Gasteiger partial charge in [0.2, 0.25) is 0 Å². The molecule has 26 heavy (non-hydrogen) atoms. The van der Waals surface area contributed by atoms with Crippen molar-refractivity contribution >= 4 is 11.7 Å². The maximum absolute atomic E-state index is 12.6. The quantitative estimate of drug-likeness (QED) is 0.793. The third-order valence-corrected chi connectivity index (χ3v) is 4.49. The Morgan fingerprint density at radius 2 is 2.19 bits per heavy atom. The molecule has 6 nitrogen and oxygen atoms in total. The minimum Gasteiger partial charge on any atom is -0.463 e. The van der Waals surface area contributed by atoms with Crippen molar-refractivity contribution in [2.24, 2.45) is 10.9 Å². The lowest BCUT2D eigenvalue weighted by molar-refractivity contribution is -0.139. The van der Waals surface area contributed by atoms with Crippen molar-refractivity contribution in [3.63, 3.8) is 0 Å². The smallest absolute Gasteiger partial charge is 0.336 e. The lowest BCUT2D eigenvalue weighted by Gasteiger charge is -2.29. The van der Waals surface area contributed by atoms with Crippen LogP contribution in [-0.2, 0) is 9.53 Å². The highest BCUT2D eigenvalue weighted by atomic mass is 16.5. The minimum atomic E-state index is -0.517. The first-order valence-corrected chi connectivity index (χ1v) is 8.47. The molecule has 1 aromatic carbocycles.